The van der Waals surface area contributed by atoms with Gasteiger partial charge in [0.1, 0.15) is 0 Å². The van der Waals surface area contributed by atoms with E-state index < -0.39 is 5.97 Å². The van der Waals surface area contributed by atoms with Crippen LogP contribution in [0.1, 0.15) is 38.2 Å². The molecule has 1 fully saturated rings. The Morgan fingerprint density at radius 2 is 2.00 bits per heavy atom. The highest BCUT2D eigenvalue weighted by Crippen LogP contribution is 2.25. The summed E-state index contributed by atoms with van der Waals surface area (Å²) in [6, 6.07) is 5.57. The number of amides is 1. The van der Waals surface area contributed by atoms with Crippen molar-refractivity contribution in [3.8, 4) is 0 Å². The fourth-order valence-corrected chi connectivity index (χ4v) is 3.94. The van der Waals surface area contributed by atoms with Gasteiger partial charge in [-0.25, -0.2) is 0 Å². The Hall–Kier alpha value is -0.910. The normalized spacial score (nSPS) is 20.1. The third kappa shape index (κ3) is 7.08. The van der Waals surface area contributed by atoms with E-state index in [1.165, 1.54) is 18.2 Å². The molecule has 0 heterocycles. The molecule has 0 aliphatic heterocycles. The highest BCUT2D eigenvalue weighted by Gasteiger charge is 2.23. The number of benzene rings is 1. The van der Waals surface area contributed by atoms with Crippen LogP contribution >= 0.6 is 35.0 Å². The maximum Gasteiger partial charge on any atom is 0.316 e. The van der Waals surface area contributed by atoms with Crippen LogP contribution in [0, 0.1) is 5.92 Å². The Bertz CT molecular complexity index is 612. The van der Waals surface area contributed by atoms with E-state index in [4.69, 9.17) is 27.9 Å². The number of thioether (sulfide) groups is 1. The molecular formula is C18H23Cl2NO3S. The van der Waals surface area contributed by atoms with Crippen LogP contribution < -0.4 is 5.32 Å². The maximum atomic E-state index is 11.9. The van der Waals surface area contributed by atoms with Crippen LogP contribution in [0.5, 0.6) is 0 Å². The molecule has 1 aromatic rings. The van der Waals surface area contributed by atoms with Crippen molar-refractivity contribution >= 4 is 46.8 Å². The molecule has 2 rings (SSSR count). The first kappa shape index (κ1) is 20.4. The van der Waals surface area contributed by atoms with Gasteiger partial charge >= 0.3 is 5.97 Å². The Kier molecular flexibility index (Phi) is 8.40. The molecule has 1 amide bonds. The standard InChI is InChI=1S/C18H23Cl2NO3S/c1-12-4-2-3-5-16(12)21-17(22)9-24-18(23)11-25-10-13-6-7-14(19)15(20)8-13/h6-8,12,16H,2-5,9-11H2,1H3,(H,21,22)/t12-,16+/m0/s1. The molecule has 1 aromatic carbocycles. The summed E-state index contributed by atoms with van der Waals surface area (Å²) >= 11 is 13.2. The second-order valence-electron chi connectivity index (χ2n) is 6.34. The summed E-state index contributed by atoms with van der Waals surface area (Å²) in [5, 5.41) is 3.97. The van der Waals surface area contributed by atoms with Crippen LogP contribution in [0.15, 0.2) is 18.2 Å². The summed E-state index contributed by atoms with van der Waals surface area (Å²) in [6.45, 7) is 1.94. The van der Waals surface area contributed by atoms with E-state index >= 15 is 0 Å². The number of hydrogen-bond acceptors (Lipinski definition) is 4. The molecule has 0 unspecified atom stereocenters. The third-order valence-corrected chi connectivity index (χ3v) is 6.01. The lowest BCUT2D eigenvalue weighted by Gasteiger charge is -2.29. The Labute approximate surface area is 163 Å². The first-order valence-electron chi connectivity index (χ1n) is 8.42. The van der Waals surface area contributed by atoms with Gasteiger partial charge in [-0.15, -0.1) is 11.8 Å². The zero-order valence-electron chi connectivity index (χ0n) is 14.2. The van der Waals surface area contributed by atoms with E-state index in [9.17, 15) is 9.59 Å². The topological polar surface area (TPSA) is 55.4 Å². The Morgan fingerprint density at radius 1 is 1.24 bits per heavy atom. The van der Waals surface area contributed by atoms with Crippen LogP contribution in [0.2, 0.25) is 10.0 Å². The van der Waals surface area contributed by atoms with Gasteiger partial charge in [-0.2, -0.15) is 0 Å². The van der Waals surface area contributed by atoms with E-state index in [0.29, 0.717) is 21.7 Å². The second kappa shape index (κ2) is 10.3. The molecule has 4 nitrogen and oxygen atoms in total. The predicted molar refractivity (Wildman–Crippen MR) is 103 cm³/mol. The zero-order valence-corrected chi connectivity index (χ0v) is 16.6. The number of nitrogens with one attached hydrogen (secondary N) is 1. The largest absolute Gasteiger partial charge is 0.455 e. The average molecular weight is 404 g/mol. The van der Waals surface area contributed by atoms with Crippen molar-refractivity contribution in [1.29, 1.82) is 0 Å². The molecule has 1 aliphatic carbocycles. The molecule has 2 atom stereocenters. The SMILES string of the molecule is C[C@H]1CCCC[C@H]1NC(=O)COC(=O)CSCc1ccc(Cl)c(Cl)c1. The molecule has 7 heteroatoms. The summed E-state index contributed by atoms with van der Waals surface area (Å²) in [6.07, 6.45) is 4.50. The van der Waals surface area contributed by atoms with Crippen LogP contribution in [-0.4, -0.2) is 30.3 Å². The minimum Gasteiger partial charge on any atom is -0.455 e. The summed E-state index contributed by atoms with van der Waals surface area (Å²) in [5.74, 6) is 0.680. The van der Waals surface area contributed by atoms with Crippen molar-refractivity contribution in [2.24, 2.45) is 5.92 Å². The molecule has 0 saturated heterocycles. The van der Waals surface area contributed by atoms with Crippen LogP contribution in [-0.2, 0) is 20.1 Å². The van der Waals surface area contributed by atoms with E-state index in [1.807, 2.05) is 6.07 Å². The molecule has 1 saturated carbocycles. The second-order valence-corrected chi connectivity index (χ2v) is 8.14. The van der Waals surface area contributed by atoms with Gasteiger partial charge in [0.15, 0.2) is 6.61 Å². The fourth-order valence-electron chi connectivity index (χ4n) is 2.85. The summed E-state index contributed by atoms with van der Waals surface area (Å²) < 4.78 is 5.04. The van der Waals surface area contributed by atoms with E-state index in [2.05, 4.69) is 12.2 Å². The third-order valence-electron chi connectivity index (χ3n) is 4.29. The molecule has 0 spiro atoms. The minimum atomic E-state index is -0.392. The summed E-state index contributed by atoms with van der Waals surface area (Å²) in [5.41, 5.74) is 0.983. The number of hydrogen-bond donors (Lipinski definition) is 1. The van der Waals surface area contributed by atoms with Crippen molar-refractivity contribution in [1.82, 2.24) is 5.32 Å². The van der Waals surface area contributed by atoms with Gasteiger partial charge in [0.2, 0.25) is 0 Å². The molecule has 0 radical (unpaired) electrons. The van der Waals surface area contributed by atoms with Crippen molar-refractivity contribution in [2.75, 3.05) is 12.4 Å². The van der Waals surface area contributed by atoms with Crippen molar-refractivity contribution in [3.63, 3.8) is 0 Å². The highest BCUT2D eigenvalue weighted by atomic mass is 35.5. The molecule has 1 N–H and O–H groups in total. The zero-order chi connectivity index (χ0) is 18.2. The van der Waals surface area contributed by atoms with E-state index in [0.717, 1.165) is 24.8 Å². The van der Waals surface area contributed by atoms with Crippen LogP contribution in [0.3, 0.4) is 0 Å². The molecule has 1 aliphatic rings. The number of esters is 1. The number of carbonyl (C=O) groups excluding carboxylic acids is 2. The van der Waals surface area contributed by atoms with Gasteiger partial charge in [0, 0.05) is 11.8 Å². The van der Waals surface area contributed by atoms with Crippen LogP contribution in [0.4, 0.5) is 0 Å². The highest BCUT2D eigenvalue weighted by molar-refractivity contribution is 7.99. The number of halogens is 2. The van der Waals surface area contributed by atoms with Gasteiger partial charge in [-0.1, -0.05) is 49.0 Å². The first-order chi connectivity index (χ1) is 12.0. The van der Waals surface area contributed by atoms with Gasteiger partial charge in [0.25, 0.3) is 5.91 Å². The van der Waals surface area contributed by atoms with E-state index in [-0.39, 0.29) is 24.3 Å². The predicted octanol–water partition coefficient (Wildman–Crippen LogP) is 4.46. The molecule has 138 valence electrons. The quantitative estimate of drug-likeness (QED) is 0.682. The van der Waals surface area contributed by atoms with E-state index in [1.54, 1.807) is 12.1 Å². The maximum absolute atomic E-state index is 11.9. The molecular weight excluding hydrogens is 381 g/mol. The average Bonchev–Trinajstić information content (AvgIpc) is 2.58. The lowest BCUT2D eigenvalue weighted by atomic mass is 9.86. The van der Waals surface area contributed by atoms with Gasteiger partial charge in [0.05, 0.1) is 15.8 Å². The Morgan fingerprint density at radius 3 is 2.72 bits per heavy atom. The van der Waals surface area contributed by atoms with Crippen LogP contribution in [0.25, 0.3) is 0 Å². The van der Waals surface area contributed by atoms with Crippen molar-refractivity contribution in [3.05, 3.63) is 33.8 Å². The van der Waals surface area contributed by atoms with Crippen molar-refractivity contribution < 1.29 is 14.3 Å². The van der Waals surface area contributed by atoms with Gasteiger partial charge in [-0.05, 0) is 36.5 Å². The smallest absolute Gasteiger partial charge is 0.316 e. The monoisotopic (exact) mass is 403 g/mol. The molecule has 25 heavy (non-hydrogen) atoms. The molecule has 0 bridgehead atoms. The first-order valence-corrected chi connectivity index (χ1v) is 10.3. The van der Waals surface area contributed by atoms with Crippen molar-refractivity contribution in [2.45, 2.75) is 44.4 Å². The fraction of sp³-hybridized carbons (Fsp3) is 0.556. The lowest BCUT2D eigenvalue weighted by molar-refractivity contribution is -0.146. The number of carbonyl (C=O) groups is 2. The molecule has 0 aromatic heterocycles. The van der Waals surface area contributed by atoms with Gasteiger partial charge in [-0.3, -0.25) is 9.59 Å². The summed E-state index contributed by atoms with van der Waals surface area (Å²) in [4.78, 5) is 23.6. The lowest BCUT2D eigenvalue weighted by Crippen LogP contribution is -2.43. The number of rotatable bonds is 7. The number of ether oxygens (including phenoxy) is 1. The Balaban J connectivity index is 1.63. The summed E-state index contributed by atoms with van der Waals surface area (Å²) in [7, 11) is 0. The van der Waals surface area contributed by atoms with Gasteiger partial charge < -0.3 is 10.1 Å². The minimum absolute atomic E-state index is 0.188.